The van der Waals surface area contributed by atoms with Gasteiger partial charge in [-0.15, -0.1) is 0 Å². The summed E-state index contributed by atoms with van der Waals surface area (Å²) in [5.74, 6) is 0. The quantitative estimate of drug-likeness (QED) is 0.108. The molecule has 0 saturated carbocycles. The second-order valence-electron chi connectivity index (χ2n) is 46.7. The first-order chi connectivity index (χ1) is 72.7. The van der Waals surface area contributed by atoms with Gasteiger partial charge in [-0.25, -0.2) is 0 Å². The van der Waals surface area contributed by atoms with E-state index in [2.05, 4.69) is 509 Å². The normalized spacial score (nSPS) is 15.0. The van der Waals surface area contributed by atoms with Gasteiger partial charge in [-0.1, -0.05) is 376 Å². The summed E-state index contributed by atoms with van der Waals surface area (Å²) >= 11 is 0. The Morgan fingerprint density at radius 2 is 0.380 bits per heavy atom. The molecule has 2 heteroatoms. The van der Waals surface area contributed by atoms with Gasteiger partial charge in [0.05, 0.1) is 0 Å². The summed E-state index contributed by atoms with van der Waals surface area (Å²) in [7, 11) is 0. The first-order valence-electron chi connectivity index (χ1n) is 53.9. The van der Waals surface area contributed by atoms with Crippen LogP contribution >= 0.6 is 0 Å². The molecule has 150 heavy (non-hydrogen) atoms. The van der Waals surface area contributed by atoms with E-state index < -0.39 is 10.8 Å². The summed E-state index contributed by atoms with van der Waals surface area (Å²) in [4.78, 5) is 0. The predicted octanol–water partition coefficient (Wildman–Crippen LogP) is 40.5. The maximum Gasteiger partial charge on any atom is 0.144 e. The smallest absolute Gasteiger partial charge is 0.144 e. The minimum atomic E-state index is -0.420. The van der Waals surface area contributed by atoms with Crippen LogP contribution in [0.15, 0.2) is 421 Å². The van der Waals surface area contributed by atoms with E-state index in [1.165, 1.54) is 272 Å². The average Bonchev–Trinajstić information content (AvgIpc) is 1.51. The Bertz CT molecular complexity index is 9790. The van der Waals surface area contributed by atoms with Crippen molar-refractivity contribution in [3.63, 3.8) is 0 Å². The molecular weight excluding hydrogens is 1810 g/mol. The van der Waals surface area contributed by atoms with Crippen LogP contribution in [0.5, 0.6) is 0 Å². The molecule has 2 aromatic heterocycles. The number of hydrogen-bond donors (Lipinski definition) is 0. The van der Waals surface area contributed by atoms with Gasteiger partial charge in [-0.2, -0.15) is 0 Å². The van der Waals surface area contributed by atoms with Crippen LogP contribution in [-0.2, 0) is 45.3 Å². The van der Waals surface area contributed by atoms with Crippen molar-refractivity contribution in [1.82, 2.24) is 0 Å². The highest BCUT2D eigenvalue weighted by atomic mass is 16.3. The second-order valence-corrected chi connectivity index (χ2v) is 46.7. The van der Waals surface area contributed by atoms with Crippen LogP contribution in [0.1, 0.15) is 175 Å². The van der Waals surface area contributed by atoms with Gasteiger partial charge in [-0.3, -0.25) is 0 Å². The topological polar surface area (TPSA) is 26.3 Å². The van der Waals surface area contributed by atoms with E-state index in [1.54, 1.807) is 0 Å². The van der Waals surface area contributed by atoms with Gasteiger partial charge in [0.1, 0.15) is 22.3 Å². The van der Waals surface area contributed by atoms with E-state index in [1.807, 2.05) is 0 Å². The van der Waals surface area contributed by atoms with Crippen molar-refractivity contribution >= 4 is 43.9 Å². The van der Waals surface area contributed by atoms with Crippen molar-refractivity contribution in [2.75, 3.05) is 0 Å². The lowest BCUT2D eigenvalue weighted by Gasteiger charge is -2.25. The Kier molecular flexibility index (Phi) is 19.3. The molecule has 0 spiro atoms. The molecule has 23 aromatic rings. The molecule has 0 N–H and O–H groups in total. The van der Waals surface area contributed by atoms with E-state index in [0.717, 1.165) is 62.5 Å². The van der Waals surface area contributed by atoms with E-state index >= 15 is 0 Å². The van der Waals surface area contributed by atoms with Gasteiger partial charge in [0.25, 0.3) is 0 Å². The summed E-state index contributed by atoms with van der Waals surface area (Å²) in [5, 5.41) is 4.60. The molecule has 6 aliphatic carbocycles. The Morgan fingerprint density at radius 3 is 0.740 bits per heavy atom. The number of fused-ring (bicyclic) bond motifs is 26. The molecule has 21 aromatic carbocycles. The molecule has 29 rings (SSSR count). The lowest BCUT2D eigenvalue weighted by atomic mass is 9.78. The molecule has 2 heterocycles. The Morgan fingerprint density at radius 1 is 0.153 bits per heavy atom. The van der Waals surface area contributed by atoms with Crippen molar-refractivity contribution < 1.29 is 8.83 Å². The molecule has 0 amide bonds. The SMILES string of the molecule is CCc1ccc(-c2cccc(-c3cc(-c4ccccc4)cc(-c4ccc5c(c4)C(C)(C)c4cc(-c6ccc7c(c6)C(C)(C)c6cc(-c8cc9c(c%10c8oc8ccccc8%10)-c8cc%10c(cc8C9(C)C)-c8c(cc(-c9ccc%11c(c9)C(C)(C)c9cc(-c%12ccc%13c(c%12)C(C)(C)c%12cc(-c%14cc(-c%15ccccc%15)cc(-c%15cccc(-c%16ccc(CC)cc%16)c%15)c%14)ccc%12-%13)ccc9-%11)c9c8oc8ccccc89)C%10(C)C)ccc6-7)ccc4-5)c3)c2)cc1. The number of para-hydroxylation sites is 2. The third kappa shape index (κ3) is 13.3. The van der Waals surface area contributed by atoms with Gasteiger partial charge < -0.3 is 8.83 Å². The van der Waals surface area contributed by atoms with E-state index in [-0.39, 0.29) is 21.7 Å². The molecule has 0 radical (unpaired) electrons. The minimum Gasteiger partial charge on any atom is -0.455 e. The fraction of sp³-hybridized carbons (Fsp3) is 0.149. The highest BCUT2D eigenvalue weighted by Crippen LogP contribution is 2.65. The first-order valence-corrected chi connectivity index (χ1v) is 53.9. The lowest BCUT2D eigenvalue weighted by Crippen LogP contribution is -2.17. The highest BCUT2D eigenvalue weighted by molar-refractivity contribution is 6.22. The van der Waals surface area contributed by atoms with Gasteiger partial charge >= 0.3 is 0 Å². The number of aryl methyl sites for hydroxylation is 2. The molecule has 0 saturated heterocycles. The van der Waals surface area contributed by atoms with E-state index in [4.69, 9.17) is 8.83 Å². The van der Waals surface area contributed by atoms with Crippen LogP contribution in [0.4, 0.5) is 0 Å². The van der Waals surface area contributed by atoms with Crippen LogP contribution in [0, 0.1) is 0 Å². The minimum absolute atomic E-state index is 0.256. The summed E-state index contributed by atoms with van der Waals surface area (Å²) in [6, 6.07) is 158. The monoisotopic (exact) mass is 1920 g/mol. The zero-order valence-corrected chi connectivity index (χ0v) is 87.5. The Labute approximate surface area is 879 Å². The maximum atomic E-state index is 7.44. The lowest BCUT2D eigenvalue weighted by molar-refractivity contribution is 0.649. The second kappa shape index (κ2) is 32.4. The van der Waals surface area contributed by atoms with Crippen molar-refractivity contribution in [3.8, 4) is 200 Å². The van der Waals surface area contributed by atoms with Crippen molar-refractivity contribution in [2.24, 2.45) is 0 Å². The Hall–Kier alpha value is -16.8. The molecule has 0 fully saturated rings. The third-order valence-electron chi connectivity index (χ3n) is 36.2. The summed E-state index contributed by atoms with van der Waals surface area (Å²) in [6.45, 7) is 33.7. The molecular formula is C148H114O2. The van der Waals surface area contributed by atoms with Crippen LogP contribution in [-0.4, -0.2) is 0 Å². The van der Waals surface area contributed by atoms with Crippen LogP contribution in [0.2, 0.25) is 0 Å². The Balaban J connectivity index is 0.463. The number of rotatable bonds is 14. The molecule has 0 bridgehead atoms. The number of benzene rings is 21. The van der Waals surface area contributed by atoms with Gasteiger partial charge in [0, 0.05) is 65.2 Å². The predicted molar refractivity (Wildman–Crippen MR) is 630 cm³/mol. The van der Waals surface area contributed by atoms with Crippen molar-refractivity contribution in [1.29, 1.82) is 0 Å². The van der Waals surface area contributed by atoms with Gasteiger partial charge in [-0.05, 0) is 413 Å². The van der Waals surface area contributed by atoms with Gasteiger partial charge in [0.2, 0.25) is 0 Å². The molecule has 0 aliphatic heterocycles. The fourth-order valence-electron chi connectivity index (χ4n) is 27.6. The first kappa shape index (κ1) is 89.6. The summed E-state index contributed by atoms with van der Waals surface area (Å²) < 4.78 is 14.8. The van der Waals surface area contributed by atoms with Gasteiger partial charge in [0.15, 0.2) is 0 Å². The molecule has 0 unspecified atom stereocenters. The summed E-state index contributed by atoms with van der Waals surface area (Å²) in [5.41, 5.74) is 64.9. The number of hydrogen-bond acceptors (Lipinski definition) is 2. The molecule has 6 aliphatic rings. The standard InChI is InChI=1S/C148H114O2/c1-15-85-41-45-89(46-42-85)91-33-27-35-93(65-91)105-67-103(87-29-19-17-20-30-87)69-107(71-105)99-53-61-113-109-57-49-95(73-123(109)143(3,4)127(113)77-99)97-51-59-111-115-63-55-101(79-129(115)145(7,8)125(111)75-97)119-81-134-139(142-137(119)117-37-23-25-39-135(117)150-142)122-84-131-121(83-132(122)148(134,13)14)138-133(147(131,11)12)82-120(141-140(138)118-38-24-26-40-136(118)149-141)102-56-64-116-112-60-52-98(76-126(112)146(9,10)130(116)80-102)96-50-58-110-114-62-54-100(78-128(114)144(5,6)124(110)74-96)108-70-104(88-31-21-18-22-32-88)68-106(72-108)94-36-28-34-92(66-94)90-47-43-86(16-2)44-48-90/h17-84H,15-16H2,1-14H3. The van der Waals surface area contributed by atoms with E-state index in [0.29, 0.717) is 0 Å². The molecule has 718 valence electrons. The largest absolute Gasteiger partial charge is 0.455 e. The molecule has 2 nitrogen and oxygen atoms in total. The van der Waals surface area contributed by atoms with E-state index in [9.17, 15) is 0 Å². The van der Waals surface area contributed by atoms with Crippen molar-refractivity contribution in [2.45, 2.75) is 142 Å². The zero-order chi connectivity index (χ0) is 101. The molecule has 0 atom stereocenters. The maximum absolute atomic E-state index is 7.44. The number of furan rings is 2. The van der Waals surface area contributed by atoms with Crippen LogP contribution in [0.25, 0.3) is 244 Å². The fourth-order valence-corrected chi connectivity index (χ4v) is 27.6. The highest BCUT2D eigenvalue weighted by Gasteiger charge is 2.48. The van der Waals surface area contributed by atoms with Crippen LogP contribution < -0.4 is 0 Å². The van der Waals surface area contributed by atoms with Crippen molar-refractivity contribution in [3.05, 3.63) is 490 Å². The zero-order valence-electron chi connectivity index (χ0n) is 87.5. The summed E-state index contributed by atoms with van der Waals surface area (Å²) in [6.07, 6.45) is 2.05. The third-order valence-corrected chi connectivity index (χ3v) is 36.2. The van der Waals surface area contributed by atoms with Crippen LogP contribution in [0.3, 0.4) is 0 Å². The average molecular weight is 1920 g/mol.